The molecule has 1 aliphatic rings. The molecule has 3 rings (SSSR count). The van der Waals surface area contributed by atoms with Crippen molar-refractivity contribution in [2.75, 3.05) is 13.7 Å². The van der Waals surface area contributed by atoms with E-state index in [4.69, 9.17) is 26.8 Å². The molecule has 8 heteroatoms. The lowest BCUT2D eigenvalue weighted by Crippen LogP contribution is -2.39. The Labute approximate surface area is 161 Å². The van der Waals surface area contributed by atoms with Gasteiger partial charge in [-0.1, -0.05) is 17.7 Å². The summed E-state index contributed by atoms with van der Waals surface area (Å²) in [5.74, 6) is -0.682. The number of halogens is 1. The Kier molecular flexibility index (Phi) is 5.34. The van der Waals surface area contributed by atoms with Crippen LogP contribution in [-0.4, -0.2) is 24.5 Å². The van der Waals surface area contributed by atoms with E-state index in [0.29, 0.717) is 11.4 Å². The molecule has 2 aromatic rings. The number of methoxy groups -OCH3 is 1. The first kappa shape index (κ1) is 19.1. The first-order valence-corrected chi connectivity index (χ1v) is 8.79. The number of benzene rings is 2. The second kappa shape index (κ2) is 7.54. The zero-order chi connectivity index (χ0) is 19.6. The molecule has 0 heterocycles. The summed E-state index contributed by atoms with van der Waals surface area (Å²) in [5, 5.41) is 12.0. The molecule has 0 spiro atoms. The average Bonchev–Trinajstić information content (AvgIpc) is 2.65. The van der Waals surface area contributed by atoms with Crippen LogP contribution in [-0.2, 0) is 16.8 Å². The quantitative estimate of drug-likeness (QED) is 0.599. The summed E-state index contributed by atoms with van der Waals surface area (Å²) in [7, 11) is 1.59. The van der Waals surface area contributed by atoms with Gasteiger partial charge in [0.05, 0.1) is 4.92 Å². The molecule has 0 aromatic heterocycles. The van der Waals surface area contributed by atoms with Gasteiger partial charge in [0, 0.05) is 23.8 Å². The van der Waals surface area contributed by atoms with Crippen LogP contribution in [0.25, 0.3) is 0 Å². The number of carbonyl (C=O) groups is 1. The Balaban J connectivity index is 1.92. The molecule has 0 bridgehead atoms. The number of carbonyl (C=O) groups excluding carboxylic acids is 1. The van der Waals surface area contributed by atoms with Gasteiger partial charge in [0.25, 0.3) is 0 Å². The lowest BCUT2D eigenvalue weighted by molar-refractivity contribution is -0.386. The number of fused-ring (bicyclic) bond motifs is 1. The summed E-state index contributed by atoms with van der Waals surface area (Å²) in [6, 6.07) is 9.52. The molecule has 142 valence electrons. The van der Waals surface area contributed by atoms with Crippen LogP contribution in [0.5, 0.6) is 5.75 Å². The number of hydrogen-bond acceptors (Lipinski definition) is 5. The van der Waals surface area contributed by atoms with Crippen LogP contribution in [0.1, 0.15) is 34.3 Å². The first-order valence-electron chi connectivity index (χ1n) is 8.41. The minimum Gasteiger partial charge on any atom is -0.483 e. The summed E-state index contributed by atoms with van der Waals surface area (Å²) in [6.45, 7) is 0.0922. The molecule has 0 saturated heterocycles. The molecule has 1 amide bonds. The molecule has 0 unspecified atom stereocenters. The van der Waals surface area contributed by atoms with E-state index in [2.05, 4.69) is 0 Å². The average molecular weight is 391 g/mol. The van der Waals surface area contributed by atoms with Crippen LogP contribution < -0.4 is 10.5 Å². The van der Waals surface area contributed by atoms with E-state index in [1.807, 2.05) is 12.1 Å². The summed E-state index contributed by atoms with van der Waals surface area (Å²) in [6.07, 6.45) is 2.48. The zero-order valence-electron chi connectivity index (χ0n) is 14.7. The predicted octanol–water partition coefficient (Wildman–Crippen LogP) is 3.60. The van der Waals surface area contributed by atoms with Crippen LogP contribution in [0.3, 0.4) is 0 Å². The van der Waals surface area contributed by atoms with Crippen LogP contribution in [0, 0.1) is 10.1 Å². The zero-order valence-corrected chi connectivity index (χ0v) is 15.5. The third-order valence-electron chi connectivity index (χ3n) is 4.88. The Bertz CT molecular complexity index is 902. The van der Waals surface area contributed by atoms with Crippen molar-refractivity contribution < 1.29 is 19.2 Å². The van der Waals surface area contributed by atoms with Crippen molar-refractivity contribution in [2.45, 2.75) is 24.9 Å². The highest BCUT2D eigenvalue weighted by Crippen LogP contribution is 2.40. The van der Waals surface area contributed by atoms with Crippen molar-refractivity contribution in [3.8, 4) is 5.75 Å². The molecule has 1 atom stereocenters. The van der Waals surface area contributed by atoms with E-state index in [0.717, 1.165) is 30.0 Å². The Hall–Kier alpha value is -2.64. The number of nitro groups is 1. The second-order valence-corrected chi connectivity index (χ2v) is 6.88. The fraction of sp³-hybridized carbons (Fsp3) is 0.316. The lowest BCUT2D eigenvalue weighted by atomic mass is 9.79. The number of rotatable bonds is 6. The third kappa shape index (κ3) is 3.74. The standard InChI is InChI=1S/C19H19ClN2O5/c1-26-19(8-2-3-12-9-14(20)5-6-15(12)19)11-27-17-7-4-13(18(21)23)10-16(17)22(24)25/h4-7,9-10H,2-3,8,11H2,1H3,(H2,21,23)/t19-/m0/s1. The van der Waals surface area contributed by atoms with Gasteiger partial charge in [-0.3, -0.25) is 14.9 Å². The number of ether oxygens (including phenoxy) is 2. The van der Waals surface area contributed by atoms with Gasteiger partial charge in [-0.25, -0.2) is 0 Å². The van der Waals surface area contributed by atoms with E-state index in [1.165, 1.54) is 12.1 Å². The molecule has 7 nitrogen and oxygen atoms in total. The van der Waals surface area contributed by atoms with Gasteiger partial charge in [-0.05, 0) is 54.7 Å². The van der Waals surface area contributed by atoms with E-state index >= 15 is 0 Å². The number of nitro benzene ring substituents is 1. The molecular formula is C19H19ClN2O5. The fourth-order valence-electron chi connectivity index (χ4n) is 3.46. The van der Waals surface area contributed by atoms with Crippen molar-refractivity contribution in [3.05, 3.63) is 68.2 Å². The summed E-state index contributed by atoms with van der Waals surface area (Å²) < 4.78 is 11.6. The second-order valence-electron chi connectivity index (χ2n) is 6.45. The van der Waals surface area contributed by atoms with Gasteiger partial charge in [-0.2, -0.15) is 0 Å². The topological polar surface area (TPSA) is 105 Å². The van der Waals surface area contributed by atoms with Crippen LogP contribution in [0.15, 0.2) is 36.4 Å². The Morgan fingerprint density at radius 3 is 2.78 bits per heavy atom. The van der Waals surface area contributed by atoms with Crippen LogP contribution in [0.4, 0.5) is 5.69 Å². The predicted molar refractivity (Wildman–Crippen MR) is 100 cm³/mol. The highest BCUT2D eigenvalue weighted by molar-refractivity contribution is 6.30. The summed E-state index contributed by atoms with van der Waals surface area (Å²) >= 11 is 6.10. The highest BCUT2D eigenvalue weighted by atomic mass is 35.5. The molecule has 0 radical (unpaired) electrons. The Morgan fingerprint density at radius 1 is 1.33 bits per heavy atom. The molecule has 0 saturated carbocycles. The van der Waals surface area contributed by atoms with E-state index in [9.17, 15) is 14.9 Å². The number of amides is 1. The van der Waals surface area contributed by atoms with Gasteiger partial charge in [0.2, 0.25) is 5.91 Å². The monoisotopic (exact) mass is 390 g/mol. The van der Waals surface area contributed by atoms with Gasteiger partial charge < -0.3 is 15.2 Å². The van der Waals surface area contributed by atoms with Crippen molar-refractivity contribution in [1.82, 2.24) is 0 Å². The molecule has 1 aliphatic carbocycles. The minimum absolute atomic E-state index is 0.0492. The number of aryl methyl sites for hydroxylation is 1. The van der Waals surface area contributed by atoms with Crippen molar-refractivity contribution in [1.29, 1.82) is 0 Å². The van der Waals surface area contributed by atoms with Crippen molar-refractivity contribution in [3.63, 3.8) is 0 Å². The van der Waals surface area contributed by atoms with E-state index < -0.39 is 16.4 Å². The first-order chi connectivity index (χ1) is 12.9. The van der Waals surface area contributed by atoms with Crippen molar-refractivity contribution in [2.24, 2.45) is 5.73 Å². The molecule has 27 heavy (non-hydrogen) atoms. The van der Waals surface area contributed by atoms with Gasteiger partial charge in [0.15, 0.2) is 5.75 Å². The minimum atomic E-state index is -0.740. The number of hydrogen-bond donors (Lipinski definition) is 1. The number of nitrogens with zero attached hydrogens (tertiary/aromatic N) is 1. The smallest absolute Gasteiger partial charge is 0.311 e. The van der Waals surface area contributed by atoms with Crippen LogP contribution >= 0.6 is 11.6 Å². The lowest BCUT2D eigenvalue weighted by Gasteiger charge is -2.37. The SMILES string of the molecule is CO[C@]1(COc2ccc(C(N)=O)cc2[N+](=O)[O-])CCCc2cc(Cl)ccc21. The maximum Gasteiger partial charge on any atom is 0.311 e. The van der Waals surface area contributed by atoms with E-state index in [-0.39, 0.29) is 23.6 Å². The fourth-order valence-corrected chi connectivity index (χ4v) is 3.66. The molecule has 0 fully saturated rings. The van der Waals surface area contributed by atoms with Crippen molar-refractivity contribution >= 4 is 23.2 Å². The van der Waals surface area contributed by atoms with Gasteiger partial charge in [0.1, 0.15) is 12.2 Å². The molecular weight excluding hydrogens is 372 g/mol. The van der Waals surface area contributed by atoms with Crippen LogP contribution in [0.2, 0.25) is 5.02 Å². The van der Waals surface area contributed by atoms with Gasteiger partial charge in [-0.15, -0.1) is 0 Å². The third-order valence-corrected chi connectivity index (χ3v) is 5.11. The molecule has 2 N–H and O–H groups in total. The maximum atomic E-state index is 11.4. The number of nitrogens with two attached hydrogens (primary N) is 1. The molecule has 2 aromatic carbocycles. The maximum absolute atomic E-state index is 11.4. The van der Waals surface area contributed by atoms with Gasteiger partial charge >= 0.3 is 5.69 Å². The Morgan fingerprint density at radius 2 is 2.11 bits per heavy atom. The van der Waals surface area contributed by atoms with E-state index in [1.54, 1.807) is 13.2 Å². The summed E-state index contributed by atoms with van der Waals surface area (Å²) in [4.78, 5) is 22.0. The largest absolute Gasteiger partial charge is 0.483 e. The highest BCUT2D eigenvalue weighted by Gasteiger charge is 2.38. The summed E-state index contributed by atoms with van der Waals surface area (Å²) in [5.41, 5.74) is 6.26. The number of primary amides is 1. The normalized spacial score (nSPS) is 18.6. The molecule has 0 aliphatic heterocycles.